The zero-order valence-electron chi connectivity index (χ0n) is 23.1. The van der Waals surface area contributed by atoms with Crippen molar-refractivity contribution in [3.05, 3.63) is 41.5 Å². The van der Waals surface area contributed by atoms with E-state index in [9.17, 15) is 9.90 Å². The van der Waals surface area contributed by atoms with E-state index in [1.807, 2.05) is 13.0 Å². The number of carboxylic acid groups (broad SMARTS) is 1. The molecule has 9 heteroatoms. The second-order valence-electron chi connectivity index (χ2n) is 11.0. The molecule has 0 spiro atoms. The number of carbonyl (C=O) groups is 1. The Kier molecular flexibility index (Phi) is 10.6. The number of anilines is 2. The number of fused-ring (bicyclic) bond motifs is 1. The molecule has 1 aliphatic heterocycles. The lowest BCUT2D eigenvalue weighted by atomic mass is 9.92. The summed E-state index contributed by atoms with van der Waals surface area (Å²) in [6, 6.07) is 5.45. The number of hydrogen-bond donors (Lipinski definition) is 3. The van der Waals surface area contributed by atoms with Crippen LogP contribution in [0.4, 0.5) is 11.6 Å². The third kappa shape index (κ3) is 9.23. The Labute approximate surface area is 221 Å². The molecule has 9 nitrogen and oxygen atoms in total. The molecule has 0 fully saturated rings. The normalized spacial score (nSPS) is 15.1. The van der Waals surface area contributed by atoms with Gasteiger partial charge in [-0.2, -0.15) is 0 Å². The number of unbranched alkanes of at least 4 members (excludes halogenated alkanes) is 1. The van der Waals surface area contributed by atoms with E-state index in [1.165, 1.54) is 18.3 Å². The van der Waals surface area contributed by atoms with Gasteiger partial charge in [0.1, 0.15) is 24.0 Å². The smallest absolute Gasteiger partial charge is 0.326 e. The summed E-state index contributed by atoms with van der Waals surface area (Å²) in [4.78, 5) is 27.7. The predicted octanol–water partition coefficient (Wildman–Crippen LogP) is 4.14. The van der Waals surface area contributed by atoms with Crippen LogP contribution in [0.15, 0.2) is 24.5 Å². The number of carboxylic acids is 1. The molecular weight excluding hydrogens is 468 g/mol. The third-order valence-electron chi connectivity index (χ3n) is 6.82. The largest absolute Gasteiger partial charge is 0.480 e. The molecule has 37 heavy (non-hydrogen) atoms. The van der Waals surface area contributed by atoms with Crippen LogP contribution in [0.25, 0.3) is 0 Å². The number of pyridine rings is 1. The first-order valence-corrected chi connectivity index (χ1v) is 13.5. The molecule has 0 saturated heterocycles. The Morgan fingerprint density at radius 3 is 2.78 bits per heavy atom. The van der Waals surface area contributed by atoms with Gasteiger partial charge in [0, 0.05) is 43.9 Å². The molecule has 0 radical (unpaired) electrons. The van der Waals surface area contributed by atoms with E-state index in [1.54, 1.807) is 7.11 Å². The molecule has 204 valence electrons. The molecule has 0 saturated carbocycles. The van der Waals surface area contributed by atoms with Crippen molar-refractivity contribution in [2.24, 2.45) is 0 Å². The Hall–Kier alpha value is -2.78. The first-order valence-electron chi connectivity index (χ1n) is 13.5. The number of hydrogen-bond acceptors (Lipinski definition) is 8. The molecule has 2 atom stereocenters. The Morgan fingerprint density at radius 2 is 2.05 bits per heavy atom. The van der Waals surface area contributed by atoms with Gasteiger partial charge in [-0.1, -0.05) is 26.8 Å². The van der Waals surface area contributed by atoms with Gasteiger partial charge < -0.3 is 25.4 Å². The van der Waals surface area contributed by atoms with Crippen LogP contribution in [-0.4, -0.2) is 76.4 Å². The number of aromatic nitrogens is 3. The van der Waals surface area contributed by atoms with E-state index in [2.05, 4.69) is 58.4 Å². The molecular formula is C28H44N6O3. The summed E-state index contributed by atoms with van der Waals surface area (Å²) < 4.78 is 5.50. The molecule has 2 aromatic heterocycles. The van der Waals surface area contributed by atoms with Gasteiger partial charge in [-0.25, -0.2) is 19.7 Å². The number of nitrogens with zero attached hydrogens (tertiary/aromatic N) is 4. The summed E-state index contributed by atoms with van der Waals surface area (Å²) >= 11 is 0. The third-order valence-corrected chi connectivity index (χ3v) is 6.82. The van der Waals surface area contributed by atoms with Gasteiger partial charge in [-0.05, 0) is 63.6 Å². The minimum atomic E-state index is -0.886. The highest BCUT2D eigenvalue weighted by Crippen LogP contribution is 2.22. The molecule has 1 unspecified atom stereocenters. The summed E-state index contributed by atoms with van der Waals surface area (Å²) in [5.41, 5.74) is 3.16. The van der Waals surface area contributed by atoms with Crippen molar-refractivity contribution in [3.8, 4) is 0 Å². The minimum absolute atomic E-state index is 0.0702. The predicted molar refractivity (Wildman–Crippen MR) is 147 cm³/mol. The van der Waals surface area contributed by atoms with Crippen molar-refractivity contribution >= 4 is 17.6 Å². The van der Waals surface area contributed by atoms with Crippen LogP contribution in [0.2, 0.25) is 0 Å². The number of rotatable bonds is 14. The van der Waals surface area contributed by atoms with Crippen LogP contribution in [0.5, 0.6) is 0 Å². The van der Waals surface area contributed by atoms with Crippen LogP contribution < -0.4 is 10.6 Å². The molecule has 0 amide bonds. The molecule has 2 aromatic rings. The fourth-order valence-electron chi connectivity index (χ4n) is 4.48. The van der Waals surface area contributed by atoms with E-state index in [0.717, 1.165) is 62.5 Å². The quantitative estimate of drug-likeness (QED) is 0.321. The monoisotopic (exact) mass is 512 g/mol. The maximum Gasteiger partial charge on any atom is 0.326 e. The minimum Gasteiger partial charge on any atom is -0.480 e. The zero-order valence-corrected chi connectivity index (χ0v) is 23.1. The molecule has 3 heterocycles. The fourth-order valence-corrected chi connectivity index (χ4v) is 4.48. The Balaban J connectivity index is 1.53. The van der Waals surface area contributed by atoms with E-state index < -0.39 is 12.0 Å². The van der Waals surface area contributed by atoms with Crippen molar-refractivity contribution in [3.63, 3.8) is 0 Å². The average Bonchev–Trinajstić information content (AvgIpc) is 2.88. The lowest BCUT2D eigenvalue weighted by Gasteiger charge is -2.27. The number of aliphatic carboxylic acids is 1. The van der Waals surface area contributed by atoms with Crippen molar-refractivity contribution in [1.82, 2.24) is 19.9 Å². The second-order valence-corrected chi connectivity index (χ2v) is 11.0. The lowest BCUT2D eigenvalue weighted by molar-refractivity contribution is -0.138. The highest BCUT2D eigenvalue weighted by atomic mass is 16.5. The van der Waals surface area contributed by atoms with Crippen LogP contribution in [0.1, 0.15) is 70.3 Å². The summed E-state index contributed by atoms with van der Waals surface area (Å²) in [6.45, 7) is 11.5. The van der Waals surface area contributed by atoms with Crippen LogP contribution in [-0.2, 0) is 27.8 Å². The van der Waals surface area contributed by atoms with Crippen molar-refractivity contribution in [1.29, 1.82) is 0 Å². The molecule has 0 aromatic carbocycles. The van der Waals surface area contributed by atoms with Gasteiger partial charge in [-0.3, -0.25) is 0 Å². The van der Waals surface area contributed by atoms with E-state index in [-0.39, 0.29) is 11.5 Å². The van der Waals surface area contributed by atoms with Crippen molar-refractivity contribution in [2.45, 2.75) is 83.8 Å². The summed E-state index contributed by atoms with van der Waals surface area (Å²) in [5.74, 6) is 0.698. The topological polar surface area (TPSA) is 113 Å². The fraction of sp³-hybridized carbons (Fsp3) is 0.643. The van der Waals surface area contributed by atoms with Crippen LogP contribution >= 0.6 is 0 Å². The van der Waals surface area contributed by atoms with Crippen LogP contribution in [0, 0.1) is 0 Å². The van der Waals surface area contributed by atoms with Gasteiger partial charge in [0.05, 0.1) is 11.8 Å². The van der Waals surface area contributed by atoms with E-state index in [4.69, 9.17) is 9.72 Å². The van der Waals surface area contributed by atoms with E-state index in [0.29, 0.717) is 18.8 Å². The highest BCUT2D eigenvalue weighted by molar-refractivity contribution is 5.76. The first kappa shape index (κ1) is 28.8. The molecule has 3 N–H and O–H groups in total. The van der Waals surface area contributed by atoms with Gasteiger partial charge >= 0.3 is 5.97 Å². The first-order chi connectivity index (χ1) is 17.7. The van der Waals surface area contributed by atoms with Gasteiger partial charge in [0.25, 0.3) is 0 Å². The van der Waals surface area contributed by atoms with Gasteiger partial charge in [-0.15, -0.1) is 0 Å². The summed E-state index contributed by atoms with van der Waals surface area (Å²) in [7, 11) is 1.71. The summed E-state index contributed by atoms with van der Waals surface area (Å²) in [6.07, 6.45) is 7.25. The second kappa shape index (κ2) is 13.7. The van der Waals surface area contributed by atoms with Gasteiger partial charge in [0.2, 0.25) is 0 Å². The SMILES string of the molecule is CO[C@H](C)CN(CCCCc1ccc2c(n1)NCCC2)CCC(Nc1cc(C(C)(C)C)ncn1)C(=O)O. The number of aryl methyl sites for hydroxylation is 2. The number of methoxy groups -OCH3 is 1. The molecule has 3 rings (SSSR count). The van der Waals surface area contributed by atoms with Crippen molar-refractivity contribution in [2.75, 3.05) is 43.9 Å². The maximum atomic E-state index is 12.0. The highest BCUT2D eigenvalue weighted by Gasteiger charge is 2.22. The average molecular weight is 513 g/mol. The van der Waals surface area contributed by atoms with Crippen LogP contribution in [0.3, 0.4) is 0 Å². The Bertz CT molecular complexity index is 1010. The Morgan fingerprint density at radius 1 is 1.24 bits per heavy atom. The standard InChI is InChI=1S/C28H44N6O3/c1-20(37-5)18-34(15-7-6-10-22-12-11-21-9-8-14-29-26(21)32-22)16-13-23(27(35)36)33-25-17-24(28(2,3)4)30-19-31-25/h11-12,17,19-20,23H,6-10,13-16,18H2,1-5H3,(H,29,32)(H,35,36)(H,30,31,33)/t20-,23?/m1/s1. The molecule has 0 aliphatic carbocycles. The molecule has 1 aliphatic rings. The molecule has 0 bridgehead atoms. The van der Waals surface area contributed by atoms with Gasteiger partial charge in [0.15, 0.2) is 0 Å². The maximum absolute atomic E-state index is 12.0. The van der Waals surface area contributed by atoms with Crippen molar-refractivity contribution < 1.29 is 14.6 Å². The number of ether oxygens (including phenoxy) is 1. The van der Waals surface area contributed by atoms with E-state index >= 15 is 0 Å². The summed E-state index contributed by atoms with van der Waals surface area (Å²) in [5, 5.41) is 16.4. The number of nitrogens with one attached hydrogen (secondary N) is 2. The zero-order chi connectivity index (χ0) is 26.8. The lowest BCUT2D eigenvalue weighted by Crippen LogP contribution is -2.38.